The Hall–Kier alpha value is -2.62. The van der Waals surface area contributed by atoms with Gasteiger partial charge in [-0.05, 0) is 26.3 Å². The van der Waals surface area contributed by atoms with Crippen molar-refractivity contribution in [1.82, 2.24) is 24.6 Å². The van der Waals surface area contributed by atoms with Gasteiger partial charge in [0.15, 0.2) is 22.5 Å². The summed E-state index contributed by atoms with van der Waals surface area (Å²) in [7, 11) is -3.90. The number of fused-ring (bicyclic) bond motifs is 1. The van der Waals surface area contributed by atoms with Crippen molar-refractivity contribution in [2.75, 3.05) is 31.3 Å². The van der Waals surface area contributed by atoms with E-state index in [1.54, 1.807) is 20.8 Å². The van der Waals surface area contributed by atoms with Crippen molar-refractivity contribution in [2.45, 2.75) is 51.7 Å². The number of imidazole rings is 1. The van der Waals surface area contributed by atoms with Gasteiger partial charge in [-0.15, -0.1) is 0 Å². The molecule has 224 valence electrons. The number of rotatable bonds is 13. The Balaban J connectivity index is 1.42. The van der Waals surface area contributed by atoms with Crippen LogP contribution in [0.1, 0.15) is 39.0 Å². The van der Waals surface area contributed by atoms with E-state index in [4.69, 9.17) is 19.5 Å². The number of aliphatic hydroxyl groups excluding tert-OH is 1. The van der Waals surface area contributed by atoms with Gasteiger partial charge in [0, 0.05) is 18.7 Å². The van der Waals surface area contributed by atoms with Crippen molar-refractivity contribution < 1.29 is 33.4 Å². The van der Waals surface area contributed by atoms with Crippen LogP contribution in [0.4, 0.5) is 5.95 Å². The minimum absolute atomic E-state index is 0.0417. The van der Waals surface area contributed by atoms with E-state index in [2.05, 4.69) is 20.0 Å². The molecule has 1 aliphatic heterocycles. The van der Waals surface area contributed by atoms with Gasteiger partial charge in [-0.1, -0.05) is 42.1 Å². The quantitative estimate of drug-likeness (QED) is 0.139. The van der Waals surface area contributed by atoms with E-state index in [0.29, 0.717) is 0 Å². The maximum atomic E-state index is 13.7. The van der Waals surface area contributed by atoms with Crippen molar-refractivity contribution in [3.8, 4) is 0 Å². The van der Waals surface area contributed by atoms with Crippen LogP contribution < -0.4 is 16.4 Å². The van der Waals surface area contributed by atoms with Crippen LogP contribution in [-0.2, 0) is 29.7 Å². The number of aliphatic hydroxyl groups is 2. The normalized spacial score (nSPS) is 22.7. The molecule has 4 atom stereocenters. The van der Waals surface area contributed by atoms with Crippen LogP contribution in [0.3, 0.4) is 0 Å². The first-order chi connectivity index (χ1) is 19.3. The SMILES string of the molecule is CC(C)(CO)C(=O)SCCOP(=O)(NCc1ccccc1)OC[C@@H]1C[C@@](C)(O)[C@H](n2cnc3c(=O)[nH]c(N)nc32)O1. The first-order valence-corrected chi connectivity index (χ1v) is 15.4. The Morgan fingerprint density at radius 3 is 2.80 bits per heavy atom. The van der Waals surface area contributed by atoms with Gasteiger partial charge in [-0.2, -0.15) is 4.98 Å². The van der Waals surface area contributed by atoms with Crippen LogP contribution in [0.2, 0.25) is 0 Å². The third kappa shape index (κ3) is 7.62. The summed E-state index contributed by atoms with van der Waals surface area (Å²) in [5.41, 5.74) is 3.89. The molecule has 0 aliphatic carbocycles. The molecule has 1 unspecified atom stereocenters. The Bertz CT molecular complexity index is 1460. The second-order valence-electron chi connectivity index (χ2n) is 10.6. The summed E-state index contributed by atoms with van der Waals surface area (Å²) in [5, 5.41) is 23.2. The van der Waals surface area contributed by atoms with Crippen molar-refractivity contribution in [3.63, 3.8) is 0 Å². The molecule has 3 heterocycles. The predicted octanol–water partition coefficient (Wildman–Crippen LogP) is 1.95. The van der Waals surface area contributed by atoms with Crippen LogP contribution >= 0.6 is 19.5 Å². The molecule has 14 nitrogen and oxygen atoms in total. The van der Waals surface area contributed by atoms with E-state index in [1.165, 1.54) is 10.9 Å². The van der Waals surface area contributed by atoms with Crippen molar-refractivity contribution in [2.24, 2.45) is 5.41 Å². The second-order valence-corrected chi connectivity index (χ2v) is 13.5. The number of benzene rings is 1. The Labute approximate surface area is 240 Å². The highest BCUT2D eigenvalue weighted by Gasteiger charge is 2.46. The van der Waals surface area contributed by atoms with E-state index in [-0.39, 0.29) is 60.8 Å². The number of nitrogens with zero attached hydrogens (tertiary/aromatic N) is 3. The Morgan fingerprint density at radius 1 is 1.37 bits per heavy atom. The number of nitrogen functional groups attached to an aromatic ring is 1. The fourth-order valence-corrected chi connectivity index (χ4v) is 6.42. The van der Waals surface area contributed by atoms with Gasteiger partial charge in [0.25, 0.3) is 5.56 Å². The summed E-state index contributed by atoms with van der Waals surface area (Å²) in [6, 6.07) is 9.26. The molecule has 16 heteroatoms. The van der Waals surface area contributed by atoms with Gasteiger partial charge in [0.2, 0.25) is 5.95 Å². The third-order valence-corrected chi connectivity index (χ3v) is 9.22. The number of nitrogens with two attached hydrogens (primary N) is 1. The first kappa shape index (κ1) is 31.3. The maximum Gasteiger partial charge on any atom is 0.405 e. The number of aromatic nitrogens is 4. The summed E-state index contributed by atoms with van der Waals surface area (Å²) in [6.45, 7) is 4.47. The van der Waals surface area contributed by atoms with Gasteiger partial charge in [-0.3, -0.25) is 28.2 Å². The molecular weight excluding hydrogens is 575 g/mol. The summed E-state index contributed by atoms with van der Waals surface area (Å²) >= 11 is 0.974. The largest absolute Gasteiger partial charge is 0.405 e. The highest BCUT2D eigenvalue weighted by Crippen LogP contribution is 2.46. The molecule has 1 saturated heterocycles. The van der Waals surface area contributed by atoms with Crippen molar-refractivity contribution in [3.05, 3.63) is 52.6 Å². The molecule has 0 bridgehead atoms. The average molecular weight is 611 g/mol. The molecule has 0 saturated carbocycles. The number of aromatic amines is 1. The molecule has 1 fully saturated rings. The number of ether oxygens (including phenoxy) is 1. The van der Waals surface area contributed by atoms with Crippen LogP contribution in [0.15, 0.2) is 41.5 Å². The summed E-state index contributed by atoms with van der Waals surface area (Å²) in [4.78, 5) is 35.1. The van der Waals surface area contributed by atoms with Gasteiger partial charge in [0.1, 0.15) is 5.60 Å². The molecule has 0 spiro atoms. The van der Waals surface area contributed by atoms with Gasteiger partial charge in [0.05, 0.1) is 37.7 Å². The fourth-order valence-electron chi connectivity index (χ4n) is 4.16. The molecule has 6 N–H and O–H groups in total. The highest BCUT2D eigenvalue weighted by molar-refractivity contribution is 8.13. The molecule has 2 aromatic heterocycles. The summed E-state index contributed by atoms with van der Waals surface area (Å²) in [5.74, 6) is 0.0895. The zero-order valence-electron chi connectivity index (χ0n) is 23.0. The van der Waals surface area contributed by atoms with Gasteiger partial charge in [-0.25, -0.2) is 14.6 Å². The molecule has 0 amide bonds. The van der Waals surface area contributed by atoms with Crippen molar-refractivity contribution >= 4 is 41.7 Å². The number of thioether (sulfide) groups is 1. The summed E-state index contributed by atoms with van der Waals surface area (Å²) in [6.07, 6.45) is -0.246. The predicted molar refractivity (Wildman–Crippen MR) is 153 cm³/mol. The summed E-state index contributed by atoms with van der Waals surface area (Å²) < 4.78 is 32.5. The van der Waals surface area contributed by atoms with E-state index in [0.717, 1.165) is 17.3 Å². The van der Waals surface area contributed by atoms with E-state index >= 15 is 0 Å². The minimum atomic E-state index is -3.90. The highest BCUT2D eigenvalue weighted by atomic mass is 32.2. The monoisotopic (exact) mass is 610 g/mol. The lowest BCUT2D eigenvalue weighted by Gasteiger charge is -2.24. The molecule has 4 rings (SSSR count). The lowest BCUT2D eigenvalue weighted by molar-refractivity contribution is -0.119. The van der Waals surface area contributed by atoms with Crippen LogP contribution in [0.25, 0.3) is 11.2 Å². The average Bonchev–Trinajstić information content (AvgIpc) is 3.48. The molecule has 3 aromatic rings. The fraction of sp³-hybridized carbons (Fsp3) is 0.520. The molecular formula is C25H35N6O8PS. The number of carbonyl (C=O) groups excluding carboxylic acids is 1. The smallest absolute Gasteiger partial charge is 0.395 e. The molecule has 0 radical (unpaired) electrons. The zero-order chi connectivity index (χ0) is 29.8. The topological polar surface area (TPSA) is 204 Å². The van der Waals surface area contributed by atoms with Crippen LogP contribution in [-0.4, -0.2) is 72.1 Å². The number of hydrogen-bond donors (Lipinski definition) is 5. The first-order valence-electron chi connectivity index (χ1n) is 12.9. The van der Waals surface area contributed by atoms with Crippen LogP contribution in [0.5, 0.6) is 0 Å². The van der Waals surface area contributed by atoms with Crippen molar-refractivity contribution in [1.29, 1.82) is 0 Å². The van der Waals surface area contributed by atoms with Crippen LogP contribution in [0, 0.1) is 5.41 Å². The molecule has 41 heavy (non-hydrogen) atoms. The molecule has 1 aliphatic rings. The van der Waals surface area contributed by atoms with E-state index in [1.807, 2.05) is 30.3 Å². The minimum Gasteiger partial charge on any atom is -0.395 e. The standard InChI is InChI=1S/C25H35N6O8PS/c1-24(2,14-32)22(34)41-10-9-37-40(36,28-12-16-7-5-4-6-8-16)38-13-17-11-25(3,35)21(39-17)31-15-27-18-19(31)29-23(26)30-20(18)33/h4-8,15,17,21,32,35H,9-14H2,1-3H3,(H,28,36)(H3,26,29,30,33)/t17-,21+,25+,40?/m0/s1. The number of hydrogen-bond acceptors (Lipinski definition) is 12. The lowest BCUT2D eigenvalue weighted by Crippen LogP contribution is -2.32. The van der Waals surface area contributed by atoms with Gasteiger partial charge < -0.3 is 20.7 Å². The Morgan fingerprint density at radius 2 is 2.10 bits per heavy atom. The maximum absolute atomic E-state index is 13.7. The van der Waals surface area contributed by atoms with E-state index < -0.39 is 36.7 Å². The number of nitrogens with one attached hydrogen (secondary N) is 2. The second kappa shape index (κ2) is 12.7. The third-order valence-electron chi connectivity index (χ3n) is 6.47. The zero-order valence-corrected chi connectivity index (χ0v) is 24.7. The number of carbonyl (C=O) groups is 1. The van der Waals surface area contributed by atoms with Gasteiger partial charge >= 0.3 is 7.75 Å². The number of anilines is 1. The van der Waals surface area contributed by atoms with E-state index in [9.17, 15) is 24.4 Å². The molecule has 1 aromatic carbocycles. The lowest BCUT2D eigenvalue weighted by atomic mass is 9.97. The number of H-pyrrole nitrogens is 1. The Kier molecular flexibility index (Phi) is 9.71.